The Labute approximate surface area is 237 Å². The van der Waals surface area contributed by atoms with E-state index < -0.39 is 24.0 Å². The number of hydrogen-bond acceptors (Lipinski definition) is 5. The molecule has 218 valence electrons. The summed E-state index contributed by atoms with van der Waals surface area (Å²) in [6.45, 7) is 4.59. The van der Waals surface area contributed by atoms with E-state index >= 15 is 0 Å². The molecular weight excluding hydrogens is 533 g/mol. The second kappa shape index (κ2) is 11.7. The largest absolute Gasteiger partial charge is 0.405 e. The zero-order chi connectivity index (χ0) is 29.2. The van der Waals surface area contributed by atoms with Crippen molar-refractivity contribution in [3.63, 3.8) is 0 Å². The summed E-state index contributed by atoms with van der Waals surface area (Å²) < 4.78 is 44.4. The number of aromatic nitrogens is 1. The van der Waals surface area contributed by atoms with Crippen molar-refractivity contribution in [3.8, 4) is 11.1 Å². The Morgan fingerprint density at radius 3 is 2.17 bits per heavy atom. The van der Waals surface area contributed by atoms with Crippen LogP contribution < -0.4 is 10.6 Å². The van der Waals surface area contributed by atoms with E-state index in [0.717, 1.165) is 61.2 Å². The first-order valence-corrected chi connectivity index (χ1v) is 14.1. The molecule has 1 aliphatic carbocycles. The lowest BCUT2D eigenvalue weighted by Crippen LogP contribution is -2.47. The van der Waals surface area contributed by atoms with Crippen molar-refractivity contribution in [1.82, 2.24) is 20.7 Å². The number of fused-ring (bicyclic) bond motifs is 3. The quantitative estimate of drug-likeness (QED) is 0.342. The highest BCUT2D eigenvalue weighted by atomic mass is 19.4. The van der Waals surface area contributed by atoms with E-state index in [1.54, 1.807) is 13.8 Å². The van der Waals surface area contributed by atoms with Crippen molar-refractivity contribution < 1.29 is 27.3 Å². The van der Waals surface area contributed by atoms with Crippen LogP contribution in [-0.4, -0.2) is 60.3 Å². The molecule has 2 N–H and O–H groups in total. The minimum Gasteiger partial charge on any atom is -0.361 e. The standard InChI is InChI=1S/C31H35F3N4O3/c1-20-27(21(2)41-37-20)28(39)36-22-13-17-38(18-14-22)16-8-7-15-30(29(40)35-19-31(32,33)34)25-11-5-3-9-23(25)24-10-4-6-12-26(24)30/h3-6,9-12,22H,7-8,13-19H2,1-2H3,(H,35,40)(H,36,39). The number of unbranched alkanes of at least 4 members (excludes halogenated alkanes) is 1. The number of benzene rings is 2. The number of carbonyl (C=O) groups excluding carboxylic acids is 2. The lowest BCUT2D eigenvalue weighted by atomic mass is 9.73. The summed E-state index contributed by atoms with van der Waals surface area (Å²) in [4.78, 5) is 28.6. The normalized spacial score (nSPS) is 16.7. The second-order valence-corrected chi connectivity index (χ2v) is 11.0. The zero-order valence-electron chi connectivity index (χ0n) is 23.3. The number of alkyl halides is 3. The first kappa shape index (κ1) is 28.9. The van der Waals surface area contributed by atoms with Crippen molar-refractivity contribution >= 4 is 11.8 Å². The van der Waals surface area contributed by atoms with Crippen LogP contribution >= 0.6 is 0 Å². The van der Waals surface area contributed by atoms with Crippen molar-refractivity contribution in [2.75, 3.05) is 26.2 Å². The van der Waals surface area contributed by atoms with Gasteiger partial charge in [-0.1, -0.05) is 60.1 Å². The molecule has 3 aromatic rings. The van der Waals surface area contributed by atoms with Gasteiger partial charge in [0.25, 0.3) is 5.91 Å². The Morgan fingerprint density at radius 1 is 1.00 bits per heavy atom. The SMILES string of the molecule is Cc1noc(C)c1C(=O)NC1CCN(CCCCC2(C(=O)NCC(F)(F)F)c3ccccc3-c3ccccc32)CC1. The molecule has 41 heavy (non-hydrogen) atoms. The number of amides is 2. The van der Waals surface area contributed by atoms with Crippen LogP contribution in [0, 0.1) is 13.8 Å². The van der Waals surface area contributed by atoms with Crippen LogP contribution in [0.25, 0.3) is 11.1 Å². The van der Waals surface area contributed by atoms with Crippen molar-refractivity contribution in [1.29, 1.82) is 0 Å². The number of hydrogen-bond donors (Lipinski definition) is 2. The number of nitrogens with one attached hydrogen (secondary N) is 2. The zero-order valence-corrected chi connectivity index (χ0v) is 23.3. The first-order chi connectivity index (χ1) is 19.6. The third kappa shape index (κ3) is 5.88. The molecule has 2 aliphatic rings. The molecule has 1 saturated heterocycles. The van der Waals surface area contributed by atoms with Crippen molar-refractivity contribution in [2.24, 2.45) is 0 Å². The average molecular weight is 569 g/mol. The minimum atomic E-state index is -4.49. The number of piperidine rings is 1. The van der Waals surface area contributed by atoms with Gasteiger partial charge in [0.15, 0.2) is 0 Å². The molecule has 2 amide bonds. The molecule has 0 atom stereocenters. The third-order valence-corrected chi connectivity index (χ3v) is 8.36. The van der Waals surface area contributed by atoms with Crippen LogP contribution in [0.2, 0.25) is 0 Å². The Balaban J connectivity index is 1.21. The van der Waals surface area contributed by atoms with Gasteiger partial charge >= 0.3 is 6.18 Å². The highest BCUT2D eigenvalue weighted by Crippen LogP contribution is 2.51. The fraction of sp³-hybridized carbons (Fsp3) is 0.452. The summed E-state index contributed by atoms with van der Waals surface area (Å²) in [6, 6.07) is 15.1. The summed E-state index contributed by atoms with van der Waals surface area (Å²) in [5.74, 6) is -0.261. The fourth-order valence-electron chi connectivity index (χ4n) is 6.38. The third-order valence-electron chi connectivity index (χ3n) is 8.36. The molecule has 1 aliphatic heterocycles. The van der Waals surface area contributed by atoms with Gasteiger partial charge in [-0.15, -0.1) is 0 Å². The number of rotatable bonds is 9. The smallest absolute Gasteiger partial charge is 0.361 e. The van der Waals surface area contributed by atoms with Gasteiger partial charge in [0.1, 0.15) is 23.3 Å². The maximum absolute atomic E-state index is 13.6. The Bertz CT molecular complexity index is 1340. The van der Waals surface area contributed by atoms with Crippen molar-refractivity contribution in [2.45, 2.75) is 63.6 Å². The lowest BCUT2D eigenvalue weighted by molar-refractivity contribution is -0.141. The summed E-state index contributed by atoms with van der Waals surface area (Å²) in [5.41, 5.74) is 3.21. The van der Waals surface area contributed by atoms with Gasteiger partial charge in [-0.3, -0.25) is 9.59 Å². The molecular formula is C31H35F3N4O3. The Morgan fingerprint density at radius 2 is 1.61 bits per heavy atom. The Hall–Kier alpha value is -3.66. The second-order valence-electron chi connectivity index (χ2n) is 11.0. The van der Waals surface area contributed by atoms with Gasteiger partial charge < -0.3 is 20.1 Å². The molecule has 5 rings (SSSR count). The fourth-order valence-corrected chi connectivity index (χ4v) is 6.38. The molecule has 1 fully saturated rings. The molecule has 2 heterocycles. The highest BCUT2D eigenvalue weighted by Gasteiger charge is 2.49. The van der Waals surface area contributed by atoms with Gasteiger partial charge in [-0.25, -0.2) is 0 Å². The predicted molar refractivity (Wildman–Crippen MR) is 148 cm³/mol. The topological polar surface area (TPSA) is 87.5 Å². The van der Waals surface area contributed by atoms with E-state index in [4.69, 9.17) is 4.52 Å². The molecule has 0 bridgehead atoms. The van der Waals surface area contributed by atoms with E-state index in [-0.39, 0.29) is 11.9 Å². The van der Waals surface area contributed by atoms with Crippen LogP contribution in [0.3, 0.4) is 0 Å². The first-order valence-electron chi connectivity index (χ1n) is 14.1. The van der Waals surface area contributed by atoms with Crippen LogP contribution in [0.4, 0.5) is 13.2 Å². The number of aryl methyl sites for hydroxylation is 2. The summed E-state index contributed by atoms with van der Waals surface area (Å²) >= 11 is 0. The van der Waals surface area contributed by atoms with Crippen molar-refractivity contribution in [3.05, 3.63) is 76.7 Å². The van der Waals surface area contributed by atoms with Crippen LogP contribution in [0.5, 0.6) is 0 Å². The molecule has 0 saturated carbocycles. The molecule has 7 nitrogen and oxygen atoms in total. The van der Waals surface area contributed by atoms with Crippen LogP contribution in [-0.2, 0) is 10.2 Å². The molecule has 0 unspecified atom stereocenters. The average Bonchev–Trinajstić information content (AvgIpc) is 3.44. The lowest BCUT2D eigenvalue weighted by Gasteiger charge is -2.33. The van der Waals surface area contributed by atoms with Crippen LogP contribution in [0.15, 0.2) is 53.1 Å². The van der Waals surface area contributed by atoms with Gasteiger partial charge in [-0.05, 0) is 68.3 Å². The molecule has 1 aromatic heterocycles. The summed E-state index contributed by atoms with van der Waals surface area (Å²) in [6.07, 6.45) is -0.972. The number of likely N-dealkylation sites (tertiary alicyclic amines) is 1. The van der Waals surface area contributed by atoms with Gasteiger partial charge in [0.2, 0.25) is 5.91 Å². The van der Waals surface area contributed by atoms with Gasteiger partial charge in [0, 0.05) is 19.1 Å². The molecule has 0 spiro atoms. The number of carbonyl (C=O) groups is 2. The van der Waals surface area contributed by atoms with Gasteiger partial charge in [0.05, 0.1) is 5.69 Å². The Kier molecular flexibility index (Phi) is 8.22. The summed E-state index contributed by atoms with van der Waals surface area (Å²) in [7, 11) is 0. The van der Waals surface area contributed by atoms with E-state index in [2.05, 4.69) is 20.7 Å². The maximum atomic E-state index is 13.6. The highest BCUT2D eigenvalue weighted by molar-refractivity contribution is 6.00. The maximum Gasteiger partial charge on any atom is 0.405 e. The van der Waals surface area contributed by atoms with E-state index in [0.29, 0.717) is 29.9 Å². The number of nitrogens with zero attached hydrogens (tertiary/aromatic N) is 2. The molecule has 2 aromatic carbocycles. The minimum absolute atomic E-state index is 0.0690. The molecule has 0 radical (unpaired) electrons. The monoisotopic (exact) mass is 568 g/mol. The predicted octanol–water partition coefficient (Wildman–Crippen LogP) is 5.30. The molecule has 10 heteroatoms. The number of halogens is 3. The van der Waals surface area contributed by atoms with Gasteiger partial charge in [-0.2, -0.15) is 13.2 Å². The van der Waals surface area contributed by atoms with E-state index in [9.17, 15) is 22.8 Å². The summed E-state index contributed by atoms with van der Waals surface area (Å²) in [5, 5.41) is 9.15. The van der Waals surface area contributed by atoms with Crippen LogP contribution in [0.1, 0.15) is 65.0 Å². The van der Waals surface area contributed by atoms with E-state index in [1.165, 1.54) is 0 Å². The van der Waals surface area contributed by atoms with E-state index in [1.807, 2.05) is 48.5 Å².